The summed E-state index contributed by atoms with van der Waals surface area (Å²) in [6.45, 7) is 6.93. The molecule has 5 heteroatoms. The molecule has 0 amide bonds. The predicted molar refractivity (Wildman–Crippen MR) is 68.0 cm³/mol. The summed E-state index contributed by atoms with van der Waals surface area (Å²) in [5.41, 5.74) is -0.910. The Labute approximate surface area is 112 Å². The lowest BCUT2D eigenvalue weighted by Gasteiger charge is -2.37. The second-order valence-corrected chi connectivity index (χ2v) is 4.88. The molecule has 0 saturated heterocycles. The maximum Gasteiger partial charge on any atom is 0.337 e. The highest BCUT2D eigenvalue weighted by molar-refractivity contribution is 5.94. The second kappa shape index (κ2) is 6.50. The fourth-order valence-corrected chi connectivity index (χ4v) is 2.46. The Morgan fingerprint density at radius 3 is 2.63 bits per heavy atom. The smallest absolute Gasteiger partial charge is 0.337 e. The Morgan fingerprint density at radius 2 is 2.05 bits per heavy atom. The molecule has 5 nitrogen and oxygen atoms in total. The quantitative estimate of drug-likeness (QED) is 0.443. The van der Waals surface area contributed by atoms with Gasteiger partial charge >= 0.3 is 17.9 Å². The van der Waals surface area contributed by atoms with Crippen molar-refractivity contribution in [2.75, 3.05) is 6.61 Å². The average Bonchev–Trinajstić information content (AvgIpc) is 2.39. The van der Waals surface area contributed by atoms with Gasteiger partial charge in [-0.3, -0.25) is 9.59 Å². The third-order valence-electron chi connectivity index (χ3n) is 3.60. The Balaban J connectivity index is 2.87. The molecule has 0 spiro atoms. The van der Waals surface area contributed by atoms with Gasteiger partial charge < -0.3 is 9.47 Å². The van der Waals surface area contributed by atoms with E-state index < -0.39 is 29.2 Å². The van der Waals surface area contributed by atoms with Crippen molar-refractivity contribution in [1.82, 2.24) is 0 Å². The van der Waals surface area contributed by atoms with Gasteiger partial charge in [0.2, 0.25) is 0 Å². The van der Waals surface area contributed by atoms with Crippen molar-refractivity contribution in [3.8, 4) is 0 Å². The molecule has 1 saturated carbocycles. The van der Waals surface area contributed by atoms with Crippen LogP contribution in [0.25, 0.3) is 0 Å². The standard InChI is InChI=1S/C14H20O5/c1-4-11(15)19-12(16)10-8-6-7-9-14(10,3)13(17)18-5-2/h4,10H,1,5-9H2,2-3H3. The Kier molecular flexibility index (Phi) is 5.27. The van der Waals surface area contributed by atoms with E-state index in [1.807, 2.05) is 0 Å². The third kappa shape index (κ3) is 3.43. The molecule has 1 aliphatic rings. The molecule has 0 aromatic carbocycles. The molecule has 0 heterocycles. The molecule has 0 bridgehead atoms. The van der Waals surface area contributed by atoms with Crippen LogP contribution in [-0.4, -0.2) is 24.5 Å². The summed E-state index contributed by atoms with van der Waals surface area (Å²) in [5, 5.41) is 0. The molecule has 0 aromatic rings. The molecule has 1 aliphatic carbocycles. The number of hydrogen-bond acceptors (Lipinski definition) is 5. The summed E-state index contributed by atoms with van der Waals surface area (Å²) >= 11 is 0. The van der Waals surface area contributed by atoms with Crippen molar-refractivity contribution in [3.05, 3.63) is 12.7 Å². The summed E-state index contributed by atoms with van der Waals surface area (Å²) in [6.07, 6.45) is 3.71. The minimum atomic E-state index is -0.910. The molecule has 0 N–H and O–H groups in total. The molecule has 1 rings (SSSR count). The summed E-state index contributed by atoms with van der Waals surface area (Å²) in [5.74, 6) is -2.49. The van der Waals surface area contributed by atoms with Gasteiger partial charge in [0, 0.05) is 6.08 Å². The topological polar surface area (TPSA) is 69.7 Å². The maximum absolute atomic E-state index is 12.1. The van der Waals surface area contributed by atoms with E-state index in [0.29, 0.717) is 12.8 Å². The first-order valence-corrected chi connectivity index (χ1v) is 6.51. The van der Waals surface area contributed by atoms with Gasteiger partial charge in [0.25, 0.3) is 0 Å². The highest BCUT2D eigenvalue weighted by atomic mass is 16.6. The average molecular weight is 268 g/mol. The first-order chi connectivity index (χ1) is 8.95. The molecule has 1 fully saturated rings. The van der Waals surface area contributed by atoms with Gasteiger partial charge in [-0.2, -0.15) is 0 Å². The van der Waals surface area contributed by atoms with Gasteiger partial charge in [-0.1, -0.05) is 19.4 Å². The molecule has 2 unspecified atom stereocenters. The monoisotopic (exact) mass is 268 g/mol. The van der Waals surface area contributed by atoms with Crippen LogP contribution in [0, 0.1) is 11.3 Å². The number of carbonyl (C=O) groups excluding carboxylic acids is 3. The van der Waals surface area contributed by atoms with Gasteiger partial charge in [-0.05, 0) is 26.7 Å². The van der Waals surface area contributed by atoms with Crippen LogP contribution in [0.3, 0.4) is 0 Å². The first kappa shape index (κ1) is 15.4. The lowest BCUT2D eigenvalue weighted by molar-refractivity contribution is -0.174. The predicted octanol–water partition coefficient (Wildman–Crippen LogP) is 2.00. The van der Waals surface area contributed by atoms with Crippen molar-refractivity contribution >= 4 is 17.9 Å². The van der Waals surface area contributed by atoms with Crippen LogP contribution in [0.4, 0.5) is 0 Å². The zero-order valence-corrected chi connectivity index (χ0v) is 11.4. The van der Waals surface area contributed by atoms with Crippen LogP contribution in [0.2, 0.25) is 0 Å². The molecular formula is C14H20O5. The summed E-state index contributed by atoms with van der Waals surface area (Å²) in [6, 6.07) is 0. The van der Waals surface area contributed by atoms with Gasteiger partial charge in [0.15, 0.2) is 0 Å². The van der Waals surface area contributed by atoms with Crippen LogP contribution < -0.4 is 0 Å². The minimum Gasteiger partial charge on any atom is -0.466 e. The summed E-state index contributed by atoms with van der Waals surface area (Å²) in [7, 11) is 0. The lowest BCUT2D eigenvalue weighted by atomic mass is 9.67. The molecule has 19 heavy (non-hydrogen) atoms. The largest absolute Gasteiger partial charge is 0.466 e. The van der Waals surface area contributed by atoms with E-state index in [-0.39, 0.29) is 6.61 Å². The molecular weight excluding hydrogens is 248 g/mol. The molecule has 2 atom stereocenters. The van der Waals surface area contributed by atoms with Crippen LogP contribution in [-0.2, 0) is 23.9 Å². The highest BCUT2D eigenvalue weighted by Crippen LogP contribution is 2.42. The van der Waals surface area contributed by atoms with E-state index in [2.05, 4.69) is 11.3 Å². The van der Waals surface area contributed by atoms with E-state index in [1.54, 1.807) is 13.8 Å². The number of ether oxygens (including phenoxy) is 2. The van der Waals surface area contributed by atoms with Crippen LogP contribution in [0.15, 0.2) is 12.7 Å². The maximum atomic E-state index is 12.1. The van der Waals surface area contributed by atoms with Crippen molar-refractivity contribution in [3.63, 3.8) is 0 Å². The van der Waals surface area contributed by atoms with E-state index in [1.165, 1.54) is 0 Å². The normalized spacial score (nSPS) is 26.3. The number of hydrogen-bond donors (Lipinski definition) is 0. The second-order valence-electron chi connectivity index (χ2n) is 4.88. The van der Waals surface area contributed by atoms with E-state index in [9.17, 15) is 14.4 Å². The van der Waals surface area contributed by atoms with Gasteiger partial charge in [-0.25, -0.2) is 4.79 Å². The van der Waals surface area contributed by atoms with Crippen molar-refractivity contribution < 1.29 is 23.9 Å². The minimum absolute atomic E-state index is 0.266. The van der Waals surface area contributed by atoms with Gasteiger partial charge in [-0.15, -0.1) is 0 Å². The van der Waals surface area contributed by atoms with Gasteiger partial charge in [0.1, 0.15) is 0 Å². The van der Waals surface area contributed by atoms with Crippen molar-refractivity contribution in [1.29, 1.82) is 0 Å². The molecule has 0 radical (unpaired) electrons. The van der Waals surface area contributed by atoms with Crippen LogP contribution in [0.5, 0.6) is 0 Å². The number of esters is 3. The zero-order chi connectivity index (χ0) is 14.5. The van der Waals surface area contributed by atoms with Crippen LogP contribution >= 0.6 is 0 Å². The van der Waals surface area contributed by atoms with E-state index >= 15 is 0 Å². The summed E-state index contributed by atoms with van der Waals surface area (Å²) in [4.78, 5) is 35.1. The molecule has 0 aliphatic heterocycles. The SMILES string of the molecule is C=CC(=O)OC(=O)C1CCCCC1(C)C(=O)OCC. The number of carbonyl (C=O) groups is 3. The van der Waals surface area contributed by atoms with E-state index in [0.717, 1.165) is 18.9 Å². The Hall–Kier alpha value is -1.65. The van der Waals surface area contributed by atoms with Gasteiger partial charge in [0.05, 0.1) is 17.9 Å². The fraction of sp³-hybridized carbons (Fsp3) is 0.643. The Bertz CT molecular complexity index is 387. The highest BCUT2D eigenvalue weighted by Gasteiger charge is 2.48. The molecule has 0 aromatic heterocycles. The zero-order valence-electron chi connectivity index (χ0n) is 11.4. The van der Waals surface area contributed by atoms with Crippen molar-refractivity contribution in [2.24, 2.45) is 11.3 Å². The Morgan fingerprint density at radius 1 is 1.37 bits per heavy atom. The van der Waals surface area contributed by atoms with Crippen molar-refractivity contribution in [2.45, 2.75) is 39.5 Å². The van der Waals surface area contributed by atoms with Crippen LogP contribution in [0.1, 0.15) is 39.5 Å². The summed E-state index contributed by atoms with van der Waals surface area (Å²) < 4.78 is 9.70. The third-order valence-corrected chi connectivity index (χ3v) is 3.60. The lowest BCUT2D eigenvalue weighted by Crippen LogP contribution is -2.44. The first-order valence-electron chi connectivity index (χ1n) is 6.51. The fourth-order valence-electron chi connectivity index (χ4n) is 2.46. The van der Waals surface area contributed by atoms with E-state index in [4.69, 9.17) is 4.74 Å². The number of rotatable bonds is 4. The molecule has 106 valence electrons.